The molecule has 0 aromatic heterocycles. The van der Waals surface area contributed by atoms with E-state index < -0.39 is 5.60 Å². The van der Waals surface area contributed by atoms with Crippen molar-refractivity contribution in [3.8, 4) is 0 Å². The van der Waals surface area contributed by atoms with Crippen LogP contribution in [0.1, 0.15) is 46.5 Å². The summed E-state index contributed by atoms with van der Waals surface area (Å²) >= 11 is 0. The summed E-state index contributed by atoms with van der Waals surface area (Å²) in [5.74, 6) is 0.451. The SMILES string of the molecule is C=C(O)C1CCC(NC(=O)OC(C)(C)C)CC1. The van der Waals surface area contributed by atoms with Crippen molar-refractivity contribution in [1.82, 2.24) is 5.32 Å². The Balaban J connectivity index is 2.31. The highest BCUT2D eigenvalue weighted by atomic mass is 16.6. The molecular weight excluding hydrogens is 218 g/mol. The standard InChI is InChI=1S/C13H23NO3/c1-9(15)10-5-7-11(8-6-10)14-12(16)17-13(2,3)4/h10-11,15H,1,5-8H2,2-4H3,(H,14,16). The van der Waals surface area contributed by atoms with E-state index >= 15 is 0 Å². The molecule has 17 heavy (non-hydrogen) atoms. The van der Waals surface area contributed by atoms with Crippen molar-refractivity contribution in [3.05, 3.63) is 12.3 Å². The van der Waals surface area contributed by atoms with E-state index in [9.17, 15) is 9.90 Å². The first-order chi connectivity index (χ1) is 7.78. The van der Waals surface area contributed by atoms with Gasteiger partial charge in [0.25, 0.3) is 0 Å². The Morgan fingerprint density at radius 3 is 2.24 bits per heavy atom. The predicted molar refractivity (Wildman–Crippen MR) is 66.9 cm³/mol. The number of allylic oxidation sites excluding steroid dienone is 1. The molecule has 0 bridgehead atoms. The average Bonchev–Trinajstić information content (AvgIpc) is 2.15. The van der Waals surface area contributed by atoms with Crippen LogP contribution in [0.5, 0.6) is 0 Å². The predicted octanol–water partition coefficient (Wildman–Crippen LogP) is 3.14. The number of alkyl carbamates (subject to hydrolysis) is 1. The molecule has 0 saturated heterocycles. The molecule has 1 saturated carbocycles. The van der Waals surface area contributed by atoms with Crippen LogP contribution in [0.3, 0.4) is 0 Å². The zero-order valence-corrected chi connectivity index (χ0v) is 11.0. The zero-order chi connectivity index (χ0) is 13.1. The van der Waals surface area contributed by atoms with Crippen LogP contribution < -0.4 is 5.32 Å². The first-order valence-corrected chi connectivity index (χ1v) is 6.15. The van der Waals surface area contributed by atoms with E-state index in [1.807, 2.05) is 20.8 Å². The highest BCUT2D eigenvalue weighted by Gasteiger charge is 2.25. The summed E-state index contributed by atoms with van der Waals surface area (Å²) in [5.41, 5.74) is -0.458. The van der Waals surface area contributed by atoms with Gasteiger partial charge in [0.1, 0.15) is 5.60 Å². The Morgan fingerprint density at radius 2 is 1.82 bits per heavy atom. The van der Waals surface area contributed by atoms with E-state index in [4.69, 9.17) is 4.74 Å². The third-order valence-electron chi connectivity index (χ3n) is 2.92. The lowest BCUT2D eigenvalue weighted by atomic mass is 9.85. The number of carbonyl (C=O) groups excluding carboxylic acids is 1. The van der Waals surface area contributed by atoms with Crippen molar-refractivity contribution in [2.45, 2.75) is 58.1 Å². The second-order valence-electron chi connectivity index (χ2n) is 5.69. The number of rotatable bonds is 2. The highest BCUT2D eigenvalue weighted by molar-refractivity contribution is 5.68. The fourth-order valence-corrected chi connectivity index (χ4v) is 2.05. The van der Waals surface area contributed by atoms with Gasteiger partial charge in [0.15, 0.2) is 0 Å². The van der Waals surface area contributed by atoms with Crippen LogP contribution in [0.25, 0.3) is 0 Å². The van der Waals surface area contributed by atoms with Crippen LogP contribution in [-0.2, 0) is 4.74 Å². The van der Waals surface area contributed by atoms with Crippen LogP contribution >= 0.6 is 0 Å². The van der Waals surface area contributed by atoms with E-state index in [-0.39, 0.29) is 23.8 Å². The summed E-state index contributed by atoms with van der Waals surface area (Å²) in [6.07, 6.45) is 3.11. The number of hydrogen-bond donors (Lipinski definition) is 2. The van der Waals surface area contributed by atoms with E-state index in [0.717, 1.165) is 25.7 Å². The van der Waals surface area contributed by atoms with E-state index in [2.05, 4.69) is 11.9 Å². The Morgan fingerprint density at radius 1 is 1.29 bits per heavy atom. The lowest BCUT2D eigenvalue weighted by Gasteiger charge is -2.29. The number of carbonyl (C=O) groups is 1. The zero-order valence-electron chi connectivity index (χ0n) is 11.0. The van der Waals surface area contributed by atoms with Gasteiger partial charge >= 0.3 is 6.09 Å². The molecule has 1 aliphatic carbocycles. The van der Waals surface area contributed by atoms with E-state index in [0.29, 0.717) is 0 Å². The van der Waals surface area contributed by atoms with Crippen LogP contribution in [0.2, 0.25) is 0 Å². The molecule has 0 aromatic carbocycles. The summed E-state index contributed by atoms with van der Waals surface area (Å²) < 4.78 is 5.20. The Labute approximate surface area is 103 Å². The first kappa shape index (κ1) is 13.9. The molecule has 1 aliphatic rings. The number of aliphatic hydroxyl groups is 1. The van der Waals surface area contributed by atoms with Gasteiger partial charge in [0.05, 0.1) is 5.76 Å². The fourth-order valence-electron chi connectivity index (χ4n) is 2.05. The Kier molecular flexibility index (Phi) is 4.43. The molecule has 0 atom stereocenters. The Bertz CT molecular complexity index is 286. The second-order valence-corrected chi connectivity index (χ2v) is 5.69. The molecule has 1 amide bonds. The molecule has 4 nitrogen and oxygen atoms in total. The number of amides is 1. The van der Waals surface area contributed by atoms with Crippen LogP contribution in [0.15, 0.2) is 12.3 Å². The van der Waals surface area contributed by atoms with Crippen LogP contribution in [-0.4, -0.2) is 22.8 Å². The molecule has 1 rings (SSSR count). The van der Waals surface area contributed by atoms with Gasteiger partial charge in [-0.3, -0.25) is 0 Å². The number of nitrogens with one attached hydrogen (secondary N) is 1. The maximum atomic E-state index is 11.5. The largest absolute Gasteiger partial charge is 0.513 e. The van der Waals surface area contributed by atoms with Gasteiger partial charge in [-0.05, 0) is 46.5 Å². The summed E-state index contributed by atoms with van der Waals surface area (Å²) in [6, 6.07) is 0.153. The van der Waals surface area contributed by atoms with Gasteiger partial charge in [-0.2, -0.15) is 0 Å². The van der Waals surface area contributed by atoms with E-state index in [1.54, 1.807) is 0 Å². The fraction of sp³-hybridized carbons (Fsp3) is 0.769. The van der Waals surface area contributed by atoms with Crippen molar-refractivity contribution < 1.29 is 14.6 Å². The Hall–Kier alpha value is -1.19. The molecular formula is C13H23NO3. The first-order valence-electron chi connectivity index (χ1n) is 6.15. The minimum Gasteiger partial charge on any atom is -0.513 e. The molecule has 0 aliphatic heterocycles. The molecule has 0 unspecified atom stereocenters. The third-order valence-corrected chi connectivity index (χ3v) is 2.92. The third kappa shape index (κ3) is 5.11. The molecule has 0 aromatic rings. The summed E-state index contributed by atoms with van der Waals surface area (Å²) in [6.45, 7) is 9.10. The molecule has 1 fully saturated rings. The number of ether oxygens (including phenoxy) is 1. The van der Waals surface area contributed by atoms with Crippen molar-refractivity contribution in [1.29, 1.82) is 0 Å². The van der Waals surface area contributed by atoms with Crippen molar-refractivity contribution in [3.63, 3.8) is 0 Å². The quantitative estimate of drug-likeness (QED) is 0.730. The van der Waals surface area contributed by atoms with Crippen molar-refractivity contribution in [2.75, 3.05) is 0 Å². The summed E-state index contributed by atoms with van der Waals surface area (Å²) in [5, 5.41) is 12.2. The highest BCUT2D eigenvalue weighted by Crippen LogP contribution is 2.28. The number of aliphatic hydroxyl groups excluding tert-OH is 1. The smallest absolute Gasteiger partial charge is 0.407 e. The van der Waals surface area contributed by atoms with Crippen molar-refractivity contribution >= 4 is 6.09 Å². The minimum absolute atomic E-state index is 0.153. The van der Waals surface area contributed by atoms with Gasteiger partial charge < -0.3 is 15.2 Å². The molecule has 2 N–H and O–H groups in total. The van der Waals surface area contributed by atoms with Crippen LogP contribution in [0.4, 0.5) is 4.79 Å². The summed E-state index contributed by atoms with van der Waals surface area (Å²) in [4.78, 5) is 11.5. The van der Waals surface area contributed by atoms with Gasteiger partial charge in [0, 0.05) is 12.0 Å². The molecule has 0 heterocycles. The summed E-state index contributed by atoms with van der Waals surface area (Å²) in [7, 11) is 0. The van der Waals surface area contributed by atoms with Crippen molar-refractivity contribution in [2.24, 2.45) is 5.92 Å². The lowest BCUT2D eigenvalue weighted by molar-refractivity contribution is 0.0487. The maximum absolute atomic E-state index is 11.5. The number of hydrogen-bond acceptors (Lipinski definition) is 3. The molecule has 0 spiro atoms. The monoisotopic (exact) mass is 241 g/mol. The normalized spacial score (nSPS) is 25.1. The topological polar surface area (TPSA) is 58.6 Å². The van der Waals surface area contributed by atoms with Gasteiger partial charge in [-0.1, -0.05) is 6.58 Å². The van der Waals surface area contributed by atoms with Gasteiger partial charge in [0.2, 0.25) is 0 Å². The second kappa shape index (κ2) is 5.43. The average molecular weight is 241 g/mol. The minimum atomic E-state index is -0.458. The maximum Gasteiger partial charge on any atom is 0.407 e. The van der Waals surface area contributed by atoms with Gasteiger partial charge in [-0.15, -0.1) is 0 Å². The van der Waals surface area contributed by atoms with Crippen LogP contribution in [0, 0.1) is 5.92 Å². The van der Waals surface area contributed by atoms with Gasteiger partial charge in [-0.25, -0.2) is 4.79 Å². The lowest BCUT2D eigenvalue weighted by Crippen LogP contribution is -2.41. The van der Waals surface area contributed by atoms with E-state index in [1.165, 1.54) is 0 Å². The molecule has 98 valence electrons. The molecule has 4 heteroatoms. The molecule has 0 radical (unpaired) electrons.